The molecular weight excluding hydrogens is 312 g/mol. The van der Waals surface area contributed by atoms with Gasteiger partial charge in [-0.15, -0.1) is 0 Å². The smallest absolute Gasteiger partial charge is 0.354 e. The van der Waals surface area contributed by atoms with Crippen molar-refractivity contribution in [2.45, 2.75) is 33.7 Å². The van der Waals surface area contributed by atoms with E-state index in [2.05, 4.69) is 25.3 Å². The first-order chi connectivity index (χ1) is 11.3. The van der Waals surface area contributed by atoms with E-state index in [4.69, 9.17) is 0 Å². The predicted molar refractivity (Wildman–Crippen MR) is 86.7 cm³/mol. The first kappa shape index (κ1) is 19.3. The molecule has 8 nitrogen and oxygen atoms in total. The van der Waals surface area contributed by atoms with Crippen LogP contribution < -0.4 is 10.6 Å². The van der Waals surface area contributed by atoms with E-state index in [0.717, 1.165) is 0 Å². The first-order valence-electron chi connectivity index (χ1n) is 7.41. The molecule has 2 amide bonds. The monoisotopic (exact) mass is 334 g/mol. The van der Waals surface area contributed by atoms with Crippen molar-refractivity contribution < 1.29 is 19.1 Å². The molecule has 0 aliphatic carbocycles. The number of esters is 1. The van der Waals surface area contributed by atoms with E-state index in [1.54, 1.807) is 27.7 Å². The van der Waals surface area contributed by atoms with Crippen molar-refractivity contribution in [2.24, 2.45) is 5.92 Å². The SMILES string of the molecule is COC(=O)C(NC(=O)[C@@H](NC(=O)c1cnccn1)C(C)C)=C(C)C. The number of allylic oxidation sites excluding steroid dienone is 1. The van der Waals surface area contributed by atoms with Gasteiger partial charge in [0.05, 0.1) is 13.3 Å². The summed E-state index contributed by atoms with van der Waals surface area (Å²) in [6.45, 7) is 6.91. The molecule has 2 N–H and O–H groups in total. The Hall–Kier alpha value is -2.77. The van der Waals surface area contributed by atoms with Crippen LogP contribution in [0.4, 0.5) is 0 Å². The average molecular weight is 334 g/mol. The van der Waals surface area contributed by atoms with Crippen LogP contribution in [0.15, 0.2) is 29.9 Å². The second-order valence-electron chi connectivity index (χ2n) is 5.64. The Labute approximate surface area is 140 Å². The van der Waals surface area contributed by atoms with E-state index in [-0.39, 0.29) is 17.3 Å². The summed E-state index contributed by atoms with van der Waals surface area (Å²) < 4.78 is 4.65. The summed E-state index contributed by atoms with van der Waals surface area (Å²) in [5.74, 6) is -1.88. The molecule has 8 heteroatoms. The number of hydrogen-bond donors (Lipinski definition) is 2. The zero-order valence-corrected chi connectivity index (χ0v) is 14.4. The van der Waals surface area contributed by atoms with E-state index in [9.17, 15) is 14.4 Å². The lowest BCUT2D eigenvalue weighted by Crippen LogP contribution is -2.50. The third-order valence-electron chi connectivity index (χ3n) is 3.17. The van der Waals surface area contributed by atoms with Gasteiger partial charge in [-0.05, 0) is 25.3 Å². The van der Waals surface area contributed by atoms with Crippen LogP contribution in [0.25, 0.3) is 0 Å². The molecule has 1 aromatic heterocycles. The number of carbonyl (C=O) groups excluding carboxylic acids is 3. The lowest BCUT2D eigenvalue weighted by molar-refractivity contribution is -0.138. The fraction of sp³-hybridized carbons (Fsp3) is 0.438. The highest BCUT2D eigenvalue weighted by Crippen LogP contribution is 2.07. The first-order valence-corrected chi connectivity index (χ1v) is 7.41. The van der Waals surface area contributed by atoms with Gasteiger partial charge in [-0.1, -0.05) is 13.8 Å². The molecular formula is C16H22N4O4. The number of aromatic nitrogens is 2. The van der Waals surface area contributed by atoms with Gasteiger partial charge in [0, 0.05) is 12.4 Å². The Balaban J connectivity index is 2.92. The molecule has 0 radical (unpaired) electrons. The molecule has 0 aliphatic heterocycles. The molecule has 1 heterocycles. The van der Waals surface area contributed by atoms with Crippen LogP contribution in [-0.4, -0.2) is 40.9 Å². The van der Waals surface area contributed by atoms with Crippen LogP contribution in [0, 0.1) is 5.92 Å². The molecule has 1 rings (SSSR count). The zero-order chi connectivity index (χ0) is 18.3. The number of nitrogens with zero attached hydrogens (tertiary/aromatic N) is 2. The van der Waals surface area contributed by atoms with Crippen LogP contribution >= 0.6 is 0 Å². The predicted octanol–water partition coefficient (Wildman–Crippen LogP) is 0.814. The van der Waals surface area contributed by atoms with Gasteiger partial charge in [-0.25, -0.2) is 9.78 Å². The molecule has 0 spiro atoms. The van der Waals surface area contributed by atoms with Crippen molar-refractivity contribution in [3.8, 4) is 0 Å². The number of rotatable bonds is 6. The van der Waals surface area contributed by atoms with Crippen molar-refractivity contribution in [3.63, 3.8) is 0 Å². The maximum atomic E-state index is 12.5. The van der Waals surface area contributed by atoms with Gasteiger partial charge in [0.15, 0.2) is 0 Å². The summed E-state index contributed by atoms with van der Waals surface area (Å²) in [6, 6.07) is -0.849. The van der Waals surface area contributed by atoms with Crippen molar-refractivity contribution in [1.82, 2.24) is 20.6 Å². The molecule has 0 bridgehead atoms. The Kier molecular flexibility index (Phi) is 7.03. The number of carbonyl (C=O) groups is 3. The largest absolute Gasteiger partial charge is 0.464 e. The maximum absolute atomic E-state index is 12.5. The highest BCUT2D eigenvalue weighted by molar-refractivity contribution is 5.99. The zero-order valence-electron chi connectivity index (χ0n) is 14.4. The van der Waals surface area contributed by atoms with Crippen LogP contribution in [-0.2, 0) is 14.3 Å². The van der Waals surface area contributed by atoms with Gasteiger partial charge >= 0.3 is 5.97 Å². The Morgan fingerprint density at radius 3 is 2.29 bits per heavy atom. The summed E-state index contributed by atoms with van der Waals surface area (Å²) in [6.07, 6.45) is 4.14. The van der Waals surface area contributed by atoms with Crippen molar-refractivity contribution in [1.29, 1.82) is 0 Å². The minimum Gasteiger partial charge on any atom is -0.464 e. The molecule has 0 fully saturated rings. The Morgan fingerprint density at radius 1 is 1.17 bits per heavy atom. The maximum Gasteiger partial charge on any atom is 0.354 e. The molecule has 130 valence electrons. The second kappa shape index (κ2) is 8.76. The summed E-state index contributed by atoms with van der Waals surface area (Å²) >= 11 is 0. The van der Waals surface area contributed by atoms with Gasteiger partial charge in [0.1, 0.15) is 17.4 Å². The molecule has 24 heavy (non-hydrogen) atoms. The van der Waals surface area contributed by atoms with Gasteiger partial charge in [-0.2, -0.15) is 0 Å². The fourth-order valence-corrected chi connectivity index (χ4v) is 1.85. The number of nitrogens with one attached hydrogen (secondary N) is 2. The molecule has 1 aromatic rings. The third kappa shape index (κ3) is 5.15. The van der Waals surface area contributed by atoms with E-state index >= 15 is 0 Å². The topological polar surface area (TPSA) is 110 Å². The lowest BCUT2D eigenvalue weighted by atomic mass is 10.0. The van der Waals surface area contributed by atoms with Crippen LogP contribution in [0.2, 0.25) is 0 Å². The van der Waals surface area contributed by atoms with E-state index in [1.165, 1.54) is 25.7 Å². The highest BCUT2D eigenvalue weighted by Gasteiger charge is 2.27. The quantitative estimate of drug-likeness (QED) is 0.588. The van der Waals surface area contributed by atoms with Crippen molar-refractivity contribution >= 4 is 17.8 Å². The molecule has 0 aliphatic rings. The van der Waals surface area contributed by atoms with Crippen LogP contribution in [0.1, 0.15) is 38.2 Å². The lowest BCUT2D eigenvalue weighted by Gasteiger charge is -2.22. The summed E-state index contributed by atoms with van der Waals surface area (Å²) in [4.78, 5) is 44.1. The molecule has 0 saturated heterocycles. The second-order valence-corrected chi connectivity index (χ2v) is 5.64. The molecule has 0 unspecified atom stereocenters. The number of ether oxygens (including phenoxy) is 1. The van der Waals surface area contributed by atoms with E-state index < -0.39 is 23.8 Å². The Bertz CT molecular complexity index is 637. The van der Waals surface area contributed by atoms with Crippen molar-refractivity contribution in [3.05, 3.63) is 35.6 Å². The highest BCUT2D eigenvalue weighted by atomic mass is 16.5. The molecule has 1 atom stereocenters. The van der Waals surface area contributed by atoms with Gasteiger partial charge < -0.3 is 15.4 Å². The van der Waals surface area contributed by atoms with E-state index in [1.807, 2.05) is 0 Å². The summed E-state index contributed by atoms with van der Waals surface area (Å²) in [5.41, 5.74) is 0.756. The average Bonchev–Trinajstić information content (AvgIpc) is 2.56. The summed E-state index contributed by atoms with van der Waals surface area (Å²) in [5, 5.41) is 5.13. The molecule has 0 saturated carbocycles. The van der Waals surface area contributed by atoms with Crippen LogP contribution in [0.5, 0.6) is 0 Å². The minimum absolute atomic E-state index is 0.0573. The number of methoxy groups -OCH3 is 1. The van der Waals surface area contributed by atoms with Crippen LogP contribution in [0.3, 0.4) is 0 Å². The van der Waals surface area contributed by atoms with Crippen molar-refractivity contribution in [2.75, 3.05) is 7.11 Å². The van der Waals surface area contributed by atoms with Gasteiger partial charge in [0.25, 0.3) is 5.91 Å². The third-order valence-corrected chi connectivity index (χ3v) is 3.17. The minimum atomic E-state index is -0.849. The summed E-state index contributed by atoms with van der Waals surface area (Å²) in [7, 11) is 1.23. The Morgan fingerprint density at radius 2 is 1.83 bits per heavy atom. The molecule has 0 aromatic carbocycles. The fourth-order valence-electron chi connectivity index (χ4n) is 1.85. The number of amides is 2. The van der Waals surface area contributed by atoms with Gasteiger partial charge in [-0.3, -0.25) is 14.6 Å². The standard InChI is InChI=1S/C16H22N4O4/c1-9(2)12(19-14(21)11-8-17-6-7-18-11)15(22)20-13(10(3)4)16(23)24-5/h6-9,12H,1-5H3,(H,19,21)(H,20,22)/t12-/m0/s1. The number of hydrogen-bond acceptors (Lipinski definition) is 6. The van der Waals surface area contributed by atoms with Gasteiger partial charge in [0.2, 0.25) is 5.91 Å². The van der Waals surface area contributed by atoms with E-state index in [0.29, 0.717) is 5.57 Å². The normalized spacial score (nSPS) is 11.4.